The third-order valence-corrected chi connectivity index (χ3v) is 4.51. The smallest absolute Gasteiger partial charge is 0.307 e. The average molecular weight is 298 g/mol. The van der Waals surface area contributed by atoms with Crippen LogP contribution in [0.4, 0.5) is 5.69 Å². The van der Waals surface area contributed by atoms with Crippen molar-refractivity contribution in [3.8, 4) is 11.3 Å². The third kappa shape index (κ3) is 2.35. The molecule has 2 aliphatic rings. The first-order valence-electron chi connectivity index (χ1n) is 7.58. The first-order chi connectivity index (χ1) is 10.7. The van der Waals surface area contributed by atoms with E-state index in [4.69, 9.17) is 10.2 Å². The summed E-state index contributed by atoms with van der Waals surface area (Å²) in [4.78, 5) is 16.3. The first kappa shape index (κ1) is 13.3. The van der Waals surface area contributed by atoms with Gasteiger partial charge in [0.15, 0.2) is 5.76 Å². The summed E-state index contributed by atoms with van der Waals surface area (Å²) in [7, 11) is 0. The van der Waals surface area contributed by atoms with E-state index in [0.717, 1.165) is 18.4 Å². The Hall–Kier alpha value is -2.34. The molecule has 2 aliphatic heterocycles. The minimum Gasteiger partial charge on any atom is -0.432 e. The lowest BCUT2D eigenvalue weighted by molar-refractivity contribution is 0.0896. The predicted octanol–water partition coefficient (Wildman–Crippen LogP) is 1.55. The Bertz CT molecular complexity index is 694. The summed E-state index contributed by atoms with van der Waals surface area (Å²) in [6, 6.07) is 8.38. The molecule has 2 bridgehead atoms. The largest absolute Gasteiger partial charge is 0.432 e. The molecule has 1 amide bonds. The highest BCUT2D eigenvalue weighted by molar-refractivity contribution is 5.90. The van der Waals surface area contributed by atoms with Gasteiger partial charge in [0, 0.05) is 29.4 Å². The van der Waals surface area contributed by atoms with E-state index in [0.29, 0.717) is 23.5 Å². The molecular weight excluding hydrogens is 280 g/mol. The number of oxazole rings is 1. The van der Waals surface area contributed by atoms with Crippen LogP contribution in [0.2, 0.25) is 0 Å². The number of nitrogens with zero attached hydrogens (tertiary/aromatic N) is 1. The Balaban J connectivity index is 1.46. The molecule has 3 atom stereocenters. The molecule has 0 saturated carbocycles. The first-order valence-corrected chi connectivity index (χ1v) is 7.58. The molecule has 3 unspecified atom stereocenters. The lowest BCUT2D eigenvalue weighted by atomic mass is 9.95. The molecule has 0 aliphatic carbocycles. The number of rotatable bonds is 3. The monoisotopic (exact) mass is 298 g/mol. The molecular formula is C16H18N4O2. The van der Waals surface area contributed by atoms with E-state index in [1.54, 1.807) is 18.3 Å². The van der Waals surface area contributed by atoms with Crippen molar-refractivity contribution in [1.29, 1.82) is 0 Å². The van der Waals surface area contributed by atoms with Gasteiger partial charge >= 0.3 is 5.91 Å². The molecule has 1 aromatic carbocycles. The van der Waals surface area contributed by atoms with E-state index in [2.05, 4.69) is 15.6 Å². The van der Waals surface area contributed by atoms with Crippen LogP contribution in [-0.4, -0.2) is 29.0 Å². The molecule has 0 radical (unpaired) electrons. The number of fused-ring (bicyclic) bond motifs is 2. The number of hydrogen-bond acceptors (Lipinski definition) is 5. The SMILES string of the molecule is Nc1ccc(-c2cnc(C(=O)NC3CC4CCC3N4)o2)cc1. The van der Waals surface area contributed by atoms with E-state index in [-0.39, 0.29) is 17.8 Å². The van der Waals surface area contributed by atoms with Crippen molar-refractivity contribution in [2.75, 3.05) is 5.73 Å². The number of amides is 1. The highest BCUT2D eigenvalue weighted by atomic mass is 16.4. The summed E-state index contributed by atoms with van der Waals surface area (Å²) in [5.41, 5.74) is 7.20. The highest BCUT2D eigenvalue weighted by Gasteiger charge is 2.40. The van der Waals surface area contributed by atoms with Crippen LogP contribution in [0.25, 0.3) is 11.3 Å². The van der Waals surface area contributed by atoms with Crippen LogP contribution in [0.1, 0.15) is 29.9 Å². The minimum atomic E-state index is -0.249. The fourth-order valence-corrected chi connectivity index (χ4v) is 3.37. The summed E-state index contributed by atoms with van der Waals surface area (Å²) in [6.07, 6.45) is 4.89. The molecule has 6 nitrogen and oxygen atoms in total. The summed E-state index contributed by atoms with van der Waals surface area (Å²) < 4.78 is 5.58. The van der Waals surface area contributed by atoms with E-state index in [9.17, 15) is 4.79 Å². The number of carbonyl (C=O) groups is 1. The van der Waals surface area contributed by atoms with Gasteiger partial charge in [-0.3, -0.25) is 4.79 Å². The summed E-state index contributed by atoms with van der Waals surface area (Å²) in [5.74, 6) is 0.423. The van der Waals surface area contributed by atoms with Crippen molar-refractivity contribution in [2.24, 2.45) is 0 Å². The van der Waals surface area contributed by atoms with Crippen molar-refractivity contribution in [2.45, 2.75) is 37.4 Å². The average Bonchev–Trinajstić information content (AvgIpc) is 3.24. The van der Waals surface area contributed by atoms with E-state index in [1.165, 1.54) is 6.42 Å². The Labute approximate surface area is 128 Å². The fraction of sp³-hybridized carbons (Fsp3) is 0.375. The van der Waals surface area contributed by atoms with Crippen LogP contribution in [0.3, 0.4) is 0 Å². The van der Waals surface area contributed by atoms with Crippen LogP contribution < -0.4 is 16.4 Å². The number of benzene rings is 1. The van der Waals surface area contributed by atoms with Crippen LogP contribution in [0.15, 0.2) is 34.9 Å². The highest BCUT2D eigenvalue weighted by Crippen LogP contribution is 2.28. The van der Waals surface area contributed by atoms with Gasteiger partial charge in [-0.05, 0) is 43.5 Å². The number of hydrogen-bond donors (Lipinski definition) is 3. The molecule has 3 heterocycles. The maximum absolute atomic E-state index is 12.3. The van der Waals surface area contributed by atoms with E-state index in [1.807, 2.05) is 12.1 Å². The molecule has 2 aromatic rings. The van der Waals surface area contributed by atoms with E-state index >= 15 is 0 Å². The molecule has 4 rings (SSSR count). The van der Waals surface area contributed by atoms with Gasteiger partial charge in [-0.1, -0.05) is 0 Å². The molecule has 1 aromatic heterocycles. The van der Waals surface area contributed by atoms with Gasteiger partial charge in [-0.25, -0.2) is 4.98 Å². The second-order valence-corrected chi connectivity index (χ2v) is 6.01. The summed E-state index contributed by atoms with van der Waals surface area (Å²) in [6.45, 7) is 0. The molecule has 2 saturated heterocycles. The zero-order chi connectivity index (χ0) is 15.1. The minimum absolute atomic E-state index is 0.106. The Morgan fingerprint density at radius 2 is 2.14 bits per heavy atom. The van der Waals surface area contributed by atoms with Crippen molar-refractivity contribution in [1.82, 2.24) is 15.6 Å². The quantitative estimate of drug-likeness (QED) is 0.748. The van der Waals surface area contributed by atoms with Gasteiger partial charge in [0.2, 0.25) is 0 Å². The normalized spacial score (nSPS) is 26.3. The van der Waals surface area contributed by atoms with Crippen molar-refractivity contribution < 1.29 is 9.21 Å². The fourth-order valence-electron chi connectivity index (χ4n) is 3.37. The lowest BCUT2D eigenvalue weighted by Crippen LogP contribution is -2.43. The van der Waals surface area contributed by atoms with Gasteiger partial charge in [-0.2, -0.15) is 0 Å². The van der Waals surface area contributed by atoms with Crippen LogP contribution in [-0.2, 0) is 0 Å². The van der Waals surface area contributed by atoms with Gasteiger partial charge in [-0.15, -0.1) is 0 Å². The molecule has 4 N–H and O–H groups in total. The van der Waals surface area contributed by atoms with Gasteiger partial charge in [0.05, 0.1) is 6.20 Å². The van der Waals surface area contributed by atoms with Gasteiger partial charge in [0.25, 0.3) is 5.89 Å². The van der Waals surface area contributed by atoms with Crippen LogP contribution >= 0.6 is 0 Å². The molecule has 0 spiro atoms. The summed E-state index contributed by atoms with van der Waals surface area (Å²) >= 11 is 0. The van der Waals surface area contributed by atoms with Crippen LogP contribution in [0, 0.1) is 0 Å². The Kier molecular flexibility index (Phi) is 3.11. The zero-order valence-electron chi connectivity index (χ0n) is 12.1. The standard InChI is InChI=1S/C16H18N4O2/c17-10-3-1-9(2-4-10)14-8-18-16(22-14)15(21)20-13-7-11-5-6-12(13)19-11/h1-4,8,11-13,19H,5-7,17H2,(H,20,21). The maximum Gasteiger partial charge on any atom is 0.307 e. The topological polar surface area (TPSA) is 93.2 Å². The predicted molar refractivity (Wildman–Crippen MR) is 82.2 cm³/mol. The maximum atomic E-state index is 12.3. The third-order valence-electron chi connectivity index (χ3n) is 4.51. The summed E-state index contributed by atoms with van der Waals surface area (Å²) in [5, 5.41) is 6.52. The van der Waals surface area contributed by atoms with Crippen molar-refractivity contribution >= 4 is 11.6 Å². The number of nitrogens with one attached hydrogen (secondary N) is 2. The van der Waals surface area contributed by atoms with Crippen molar-refractivity contribution in [3.63, 3.8) is 0 Å². The lowest BCUT2D eigenvalue weighted by Gasteiger charge is -2.20. The Morgan fingerprint density at radius 3 is 2.82 bits per heavy atom. The van der Waals surface area contributed by atoms with Crippen molar-refractivity contribution in [3.05, 3.63) is 36.4 Å². The number of aromatic nitrogens is 1. The van der Waals surface area contributed by atoms with E-state index < -0.39 is 0 Å². The van der Waals surface area contributed by atoms with Gasteiger partial charge < -0.3 is 20.8 Å². The van der Waals surface area contributed by atoms with Crippen LogP contribution in [0.5, 0.6) is 0 Å². The molecule has 2 fully saturated rings. The van der Waals surface area contributed by atoms with Gasteiger partial charge in [0.1, 0.15) is 0 Å². The number of carbonyl (C=O) groups excluding carboxylic acids is 1. The molecule has 22 heavy (non-hydrogen) atoms. The zero-order valence-corrected chi connectivity index (χ0v) is 12.1. The second-order valence-electron chi connectivity index (χ2n) is 6.01. The Morgan fingerprint density at radius 1 is 1.32 bits per heavy atom. The second kappa shape index (κ2) is 5.14. The molecule has 114 valence electrons. The number of nitrogens with two attached hydrogens (primary N) is 1. The number of nitrogen functional groups attached to an aromatic ring is 1. The number of anilines is 1. The molecule has 6 heteroatoms.